The number of hydrogen-bond acceptors (Lipinski definition) is 3. The van der Waals surface area contributed by atoms with Gasteiger partial charge in [0, 0.05) is 24.3 Å². The van der Waals surface area contributed by atoms with Crippen LogP contribution in [0.3, 0.4) is 0 Å². The molecule has 7 heteroatoms. The fourth-order valence-corrected chi connectivity index (χ4v) is 2.15. The quantitative estimate of drug-likeness (QED) is 0.937. The van der Waals surface area contributed by atoms with E-state index in [2.05, 4.69) is 10.3 Å². The van der Waals surface area contributed by atoms with Crippen molar-refractivity contribution in [2.45, 2.75) is 20.4 Å². The summed E-state index contributed by atoms with van der Waals surface area (Å²) in [7, 11) is 0. The van der Waals surface area contributed by atoms with Gasteiger partial charge in [0.1, 0.15) is 5.82 Å². The minimum absolute atomic E-state index is 0.0440. The first-order valence-electron chi connectivity index (χ1n) is 6.66. The number of rotatable bonds is 4. The van der Waals surface area contributed by atoms with Gasteiger partial charge in [-0.3, -0.25) is 14.2 Å². The molecular weight excluding hydrogens is 309 g/mol. The maximum absolute atomic E-state index is 12.9. The van der Waals surface area contributed by atoms with Gasteiger partial charge in [-0.15, -0.1) is 0 Å². The Bertz CT molecular complexity index is 774. The maximum atomic E-state index is 12.9. The summed E-state index contributed by atoms with van der Waals surface area (Å²) < 4.78 is 14.4. The van der Waals surface area contributed by atoms with Crippen LogP contribution in [0.25, 0.3) is 0 Å². The van der Waals surface area contributed by atoms with E-state index in [-0.39, 0.29) is 29.2 Å². The predicted molar refractivity (Wildman–Crippen MR) is 81.7 cm³/mol. The number of nitrogens with zero attached hydrogens (tertiary/aromatic N) is 2. The van der Waals surface area contributed by atoms with Crippen LogP contribution in [0.1, 0.15) is 21.6 Å². The molecule has 22 heavy (non-hydrogen) atoms. The number of hydrogen-bond donors (Lipinski definition) is 1. The molecule has 1 amide bonds. The third kappa shape index (κ3) is 3.51. The first-order chi connectivity index (χ1) is 10.4. The molecule has 0 aliphatic carbocycles. The van der Waals surface area contributed by atoms with E-state index in [1.54, 1.807) is 13.8 Å². The van der Waals surface area contributed by atoms with Crippen LogP contribution in [0.5, 0.6) is 0 Å². The van der Waals surface area contributed by atoms with Crippen LogP contribution in [0, 0.1) is 19.7 Å². The highest BCUT2D eigenvalue weighted by Crippen LogP contribution is 2.16. The molecule has 1 aromatic carbocycles. The normalized spacial score (nSPS) is 10.5. The van der Waals surface area contributed by atoms with Crippen LogP contribution in [0.2, 0.25) is 5.02 Å². The maximum Gasteiger partial charge on any atom is 0.256 e. The third-order valence-electron chi connectivity index (χ3n) is 3.33. The molecule has 2 aromatic rings. The molecule has 0 aliphatic heterocycles. The molecule has 0 bridgehead atoms. The summed E-state index contributed by atoms with van der Waals surface area (Å²) in [4.78, 5) is 28.0. The largest absolute Gasteiger partial charge is 0.350 e. The number of carbonyl (C=O) groups is 1. The van der Waals surface area contributed by atoms with Gasteiger partial charge in [0.15, 0.2) is 0 Å². The summed E-state index contributed by atoms with van der Waals surface area (Å²) in [6.07, 6.45) is 1.45. The Hall–Kier alpha value is -2.21. The number of aromatic nitrogens is 2. The summed E-state index contributed by atoms with van der Waals surface area (Å²) in [5.74, 6) is -0.927. The van der Waals surface area contributed by atoms with Crippen LogP contribution >= 0.6 is 11.6 Å². The topological polar surface area (TPSA) is 64.0 Å². The average molecular weight is 324 g/mol. The Morgan fingerprint density at radius 3 is 2.82 bits per heavy atom. The molecule has 0 saturated carbocycles. The van der Waals surface area contributed by atoms with Crippen LogP contribution in [-0.4, -0.2) is 22.0 Å². The Kier molecular flexibility index (Phi) is 4.92. The van der Waals surface area contributed by atoms with Crippen molar-refractivity contribution >= 4 is 17.5 Å². The van der Waals surface area contributed by atoms with Crippen LogP contribution in [0.4, 0.5) is 4.39 Å². The zero-order valence-corrected chi connectivity index (χ0v) is 12.9. The standard InChI is InChI=1S/C15H15ClFN3O2/c1-9-10(2)19-8-20(15(9)22)6-5-18-14(21)12-4-3-11(17)7-13(12)16/h3-4,7-8H,5-6H2,1-2H3,(H,18,21). The molecule has 5 nitrogen and oxygen atoms in total. The molecule has 2 rings (SSSR count). The van der Waals surface area contributed by atoms with Gasteiger partial charge in [0.05, 0.1) is 16.9 Å². The van der Waals surface area contributed by atoms with Gasteiger partial charge in [-0.1, -0.05) is 11.6 Å². The first-order valence-corrected chi connectivity index (χ1v) is 7.04. The SMILES string of the molecule is Cc1ncn(CCNC(=O)c2ccc(F)cc2Cl)c(=O)c1C. The van der Waals surface area contributed by atoms with Crippen molar-refractivity contribution in [1.29, 1.82) is 0 Å². The van der Waals surface area contributed by atoms with Crippen molar-refractivity contribution < 1.29 is 9.18 Å². The van der Waals surface area contributed by atoms with Gasteiger partial charge in [-0.2, -0.15) is 0 Å². The summed E-state index contributed by atoms with van der Waals surface area (Å²) >= 11 is 5.82. The molecule has 1 N–H and O–H groups in total. The molecule has 0 spiro atoms. The third-order valence-corrected chi connectivity index (χ3v) is 3.64. The lowest BCUT2D eigenvalue weighted by Crippen LogP contribution is -2.32. The molecule has 0 radical (unpaired) electrons. The average Bonchev–Trinajstić information content (AvgIpc) is 2.47. The van der Waals surface area contributed by atoms with E-state index >= 15 is 0 Å². The molecule has 0 unspecified atom stereocenters. The molecule has 116 valence electrons. The molecule has 1 heterocycles. The van der Waals surface area contributed by atoms with Crippen molar-refractivity contribution in [3.8, 4) is 0 Å². The minimum Gasteiger partial charge on any atom is -0.350 e. The molecule has 1 aromatic heterocycles. The van der Waals surface area contributed by atoms with E-state index in [0.717, 1.165) is 6.07 Å². The second-order valence-corrected chi connectivity index (χ2v) is 5.24. The van der Waals surface area contributed by atoms with Gasteiger partial charge in [-0.25, -0.2) is 9.37 Å². The fraction of sp³-hybridized carbons (Fsp3) is 0.267. The molecular formula is C15H15ClFN3O2. The van der Waals surface area contributed by atoms with Gasteiger partial charge < -0.3 is 5.32 Å². The van der Waals surface area contributed by atoms with Crippen LogP contribution in [-0.2, 0) is 6.54 Å². The fourth-order valence-electron chi connectivity index (χ4n) is 1.89. The number of nitrogens with one attached hydrogen (secondary N) is 1. The Morgan fingerprint density at radius 2 is 2.14 bits per heavy atom. The smallest absolute Gasteiger partial charge is 0.256 e. The van der Waals surface area contributed by atoms with E-state index in [9.17, 15) is 14.0 Å². The number of benzene rings is 1. The predicted octanol–water partition coefficient (Wildman–Crippen LogP) is 2.08. The van der Waals surface area contributed by atoms with E-state index in [4.69, 9.17) is 11.6 Å². The second kappa shape index (κ2) is 6.70. The Labute approximate surface area is 131 Å². The zero-order valence-electron chi connectivity index (χ0n) is 12.2. The molecule has 0 saturated heterocycles. The Morgan fingerprint density at radius 1 is 1.41 bits per heavy atom. The summed E-state index contributed by atoms with van der Waals surface area (Å²) in [5, 5.41) is 2.68. The minimum atomic E-state index is -0.505. The zero-order chi connectivity index (χ0) is 16.3. The van der Waals surface area contributed by atoms with E-state index < -0.39 is 11.7 Å². The second-order valence-electron chi connectivity index (χ2n) is 4.83. The lowest BCUT2D eigenvalue weighted by atomic mass is 10.2. The number of carbonyl (C=O) groups excluding carboxylic acids is 1. The van der Waals surface area contributed by atoms with E-state index in [1.165, 1.54) is 23.0 Å². The monoisotopic (exact) mass is 323 g/mol. The Balaban J connectivity index is 2.01. The highest BCUT2D eigenvalue weighted by atomic mass is 35.5. The van der Waals surface area contributed by atoms with Crippen molar-refractivity contribution in [2.75, 3.05) is 6.54 Å². The van der Waals surface area contributed by atoms with Crippen molar-refractivity contribution in [1.82, 2.24) is 14.9 Å². The highest BCUT2D eigenvalue weighted by Gasteiger charge is 2.11. The lowest BCUT2D eigenvalue weighted by molar-refractivity contribution is 0.0952. The highest BCUT2D eigenvalue weighted by molar-refractivity contribution is 6.33. The molecule has 0 atom stereocenters. The van der Waals surface area contributed by atoms with Gasteiger partial charge in [-0.05, 0) is 32.0 Å². The van der Waals surface area contributed by atoms with Gasteiger partial charge >= 0.3 is 0 Å². The van der Waals surface area contributed by atoms with Crippen molar-refractivity contribution in [3.05, 3.63) is 62.5 Å². The summed E-state index contributed by atoms with van der Waals surface area (Å²) in [6.45, 7) is 3.99. The van der Waals surface area contributed by atoms with Crippen molar-refractivity contribution in [2.24, 2.45) is 0 Å². The number of aryl methyl sites for hydroxylation is 1. The van der Waals surface area contributed by atoms with Crippen molar-refractivity contribution in [3.63, 3.8) is 0 Å². The van der Waals surface area contributed by atoms with Gasteiger partial charge in [0.2, 0.25) is 0 Å². The molecule has 0 fully saturated rings. The van der Waals surface area contributed by atoms with E-state index in [1.807, 2.05) is 0 Å². The lowest BCUT2D eigenvalue weighted by Gasteiger charge is -2.09. The van der Waals surface area contributed by atoms with Crippen LogP contribution in [0.15, 0.2) is 29.3 Å². The van der Waals surface area contributed by atoms with Gasteiger partial charge in [0.25, 0.3) is 11.5 Å². The van der Waals surface area contributed by atoms with E-state index in [0.29, 0.717) is 11.3 Å². The number of halogens is 2. The number of amides is 1. The summed E-state index contributed by atoms with van der Waals surface area (Å²) in [6, 6.07) is 3.56. The first kappa shape index (κ1) is 16.2. The summed E-state index contributed by atoms with van der Waals surface area (Å²) in [5.41, 5.74) is 1.31. The molecule has 0 aliphatic rings. The van der Waals surface area contributed by atoms with Crippen LogP contribution < -0.4 is 10.9 Å².